The number of aliphatic hydroxyl groups is 1. The Kier molecular flexibility index (Phi) is 9.04. The minimum atomic E-state index is -0.582. The average molecular weight is 478 g/mol. The standard InChI is InChI=1S/C25H35NO8/c1-2-31-25-19(7-9-29-11-12-30-10-8-27)20(18-5-6-21-22(13-18)33-16-32-21)14-23(34-25)24(28)26-15-17-3-4-17/h5-6,13-14,17,19-20,25,27H,2-4,7-12,15-16H2,1H3,(H,26,28)/t19-,20-,25-/m0/s1. The molecular formula is C25H35NO8. The van der Waals surface area contributed by atoms with Crippen LogP contribution in [0.1, 0.15) is 37.7 Å². The van der Waals surface area contributed by atoms with Gasteiger partial charge in [0.2, 0.25) is 13.1 Å². The van der Waals surface area contributed by atoms with Crippen LogP contribution in [0.2, 0.25) is 0 Å². The molecule has 1 aromatic rings. The number of aliphatic hydroxyl groups excluding tert-OH is 1. The third-order valence-corrected chi connectivity index (χ3v) is 6.17. The van der Waals surface area contributed by atoms with E-state index >= 15 is 0 Å². The van der Waals surface area contributed by atoms with Gasteiger partial charge in [-0.15, -0.1) is 0 Å². The fraction of sp³-hybridized carbons (Fsp3) is 0.640. The van der Waals surface area contributed by atoms with Gasteiger partial charge in [0.05, 0.1) is 26.4 Å². The van der Waals surface area contributed by atoms with E-state index in [0.29, 0.717) is 63.4 Å². The second-order valence-electron chi connectivity index (χ2n) is 8.67. The molecular weight excluding hydrogens is 442 g/mol. The number of allylic oxidation sites excluding steroid dienone is 1. The van der Waals surface area contributed by atoms with Gasteiger partial charge in [-0.25, -0.2) is 0 Å². The summed E-state index contributed by atoms with van der Waals surface area (Å²) in [4.78, 5) is 12.9. The van der Waals surface area contributed by atoms with Crippen LogP contribution in [-0.2, 0) is 23.7 Å². The van der Waals surface area contributed by atoms with Crippen LogP contribution >= 0.6 is 0 Å². The lowest BCUT2D eigenvalue weighted by molar-refractivity contribution is -0.168. The molecule has 34 heavy (non-hydrogen) atoms. The molecule has 0 spiro atoms. The van der Waals surface area contributed by atoms with E-state index in [1.54, 1.807) is 0 Å². The van der Waals surface area contributed by atoms with E-state index in [2.05, 4.69) is 5.32 Å². The van der Waals surface area contributed by atoms with Gasteiger partial charge in [0, 0.05) is 31.6 Å². The summed E-state index contributed by atoms with van der Waals surface area (Å²) in [6.45, 7) is 4.89. The van der Waals surface area contributed by atoms with Gasteiger partial charge in [-0.3, -0.25) is 4.79 Å². The van der Waals surface area contributed by atoms with Crippen molar-refractivity contribution < 1.29 is 38.3 Å². The predicted molar refractivity (Wildman–Crippen MR) is 122 cm³/mol. The lowest BCUT2D eigenvalue weighted by Gasteiger charge is -2.37. The van der Waals surface area contributed by atoms with Crippen molar-refractivity contribution in [1.82, 2.24) is 5.32 Å². The highest BCUT2D eigenvalue weighted by molar-refractivity contribution is 5.91. The molecule has 3 aliphatic rings. The SMILES string of the molecule is CCO[C@H]1OC(C(=O)NCC2CC2)=C[C@@H](c2ccc3c(c2)OCO3)[C@@H]1CCOCCOCCO. The Morgan fingerprint density at radius 1 is 1.12 bits per heavy atom. The maximum absolute atomic E-state index is 12.9. The summed E-state index contributed by atoms with van der Waals surface area (Å²) < 4.78 is 34.1. The average Bonchev–Trinajstić information content (AvgIpc) is 3.56. The van der Waals surface area contributed by atoms with E-state index in [1.807, 2.05) is 31.2 Å². The molecule has 0 unspecified atom stereocenters. The minimum absolute atomic E-state index is 0.00440. The number of fused-ring (bicyclic) bond motifs is 1. The number of benzene rings is 1. The zero-order chi connectivity index (χ0) is 23.8. The Labute approximate surface area is 200 Å². The lowest BCUT2D eigenvalue weighted by Crippen LogP contribution is -2.39. The third-order valence-electron chi connectivity index (χ3n) is 6.17. The van der Waals surface area contributed by atoms with E-state index in [4.69, 9.17) is 33.5 Å². The zero-order valence-electron chi connectivity index (χ0n) is 19.7. The quantitative estimate of drug-likeness (QED) is 0.394. The first kappa shape index (κ1) is 24.8. The van der Waals surface area contributed by atoms with E-state index in [1.165, 1.54) is 0 Å². The number of amides is 1. The number of rotatable bonds is 14. The monoisotopic (exact) mass is 477 g/mol. The molecule has 188 valence electrons. The fourth-order valence-corrected chi connectivity index (χ4v) is 4.19. The third kappa shape index (κ3) is 6.63. The first-order valence-corrected chi connectivity index (χ1v) is 12.1. The molecule has 1 amide bonds. The van der Waals surface area contributed by atoms with Crippen LogP contribution in [0.15, 0.2) is 30.0 Å². The highest BCUT2D eigenvalue weighted by atomic mass is 16.7. The second-order valence-corrected chi connectivity index (χ2v) is 8.67. The number of nitrogens with one attached hydrogen (secondary N) is 1. The summed E-state index contributed by atoms with van der Waals surface area (Å²) in [6, 6.07) is 5.86. The van der Waals surface area contributed by atoms with Gasteiger partial charge >= 0.3 is 0 Å². The topological polar surface area (TPSA) is 105 Å². The summed E-state index contributed by atoms with van der Waals surface area (Å²) in [5.41, 5.74) is 1.00. The molecule has 0 saturated heterocycles. The van der Waals surface area contributed by atoms with Crippen LogP contribution < -0.4 is 14.8 Å². The highest BCUT2D eigenvalue weighted by Gasteiger charge is 2.38. The maximum Gasteiger partial charge on any atom is 0.286 e. The van der Waals surface area contributed by atoms with Gasteiger partial charge < -0.3 is 38.8 Å². The van der Waals surface area contributed by atoms with Gasteiger partial charge in [0.25, 0.3) is 5.91 Å². The van der Waals surface area contributed by atoms with Crippen molar-refractivity contribution in [2.45, 2.75) is 38.4 Å². The molecule has 1 saturated carbocycles. The largest absolute Gasteiger partial charge is 0.459 e. The van der Waals surface area contributed by atoms with Crippen molar-refractivity contribution >= 4 is 5.91 Å². The Hall–Kier alpha value is -2.33. The molecule has 4 rings (SSSR count). The van der Waals surface area contributed by atoms with Gasteiger partial charge in [0.15, 0.2) is 17.3 Å². The molecule has 0 aromatic heterocycles. The molecule has 2 N–H and O–H groups in total. The summed E-state index contributed by atoms with van der Waals surface area (Å²) >= 11 is 0. The summed E-state index contributed by atoms with van der Waals surface area (Å²) in [5, 5.41) is 11.8. The van der Waals surface area contributed by atoms with Gasteiger partial charge in [-0.1, -0.05) is 6.07 Å². The first-order valence-electron chi connectivity index (χ1n) is 12.1. The molecule has 2 heterocycles. The number of carbonyl (C=O) groups excluding carboxylic acids is 1. The number of ether oxygens (including phenoxy) is 6. The van der Waals surface area contributed by atoms with Crippen LogP contribution in [0.3, 0.4) is 0 Å². The van der Waals surface area contributed by atoms with Crippen molar-refractivity contribution in [2.24, 2.45) is 11.8 Å². The molecule has 0 radical (unpaired) electrons. The Morgan fingerprint density at radius 3 is 2.68 bits per heavy atom. The highest BCUT2D eigenvalue weighted by Crippen LogP contribution is 2.42. The molecule has 1 aromatic carbocycles. The van der Waals surface area contributed by atoms with Gasteiger partial charge in [-0.2, -0.15) is 0 Å². The summed E-state index contributed by atoms with van der Waals surface area (Å²) in [7, 11) is 0. The van der Waals surface area contributed by atoms with Gasteiger partial charge in [0.1, 0.15) is 0 Å². The Morgan fingerprint density at radius 2 is 1.91 bits per heavy atom. The summed E-state index contributed by atoms with van der Waals surface area (Å²) in [6.07, 6.45) is 4.30. The van der Waals surface area contributed by atoms with Crippen LogP contribution in [0, 0.1) is 11.8 Å². The smallest absolute Gasteiger partial charge is 0.286 e. The van der Waals surface area contributed by atoms with Crippen molar-refractivity contribution in [3.05, 3.63) is 35.6 Å². The molecule has 9 nitrogen and oxygen atoms in total. The van der Waals surface area contributed by atoms with Crippen LogP contribution in [0.5, 0.6) is 11.5 Å². The van der Waals surface area contributed by atoms with E-state index in [-0.39, 0.29) is 36.9 Å². The van der Waals surface area contributed by atoms with Crippen LogP contribution in [-0.4, -0.2) is 70.3 Å². The fourth-order valence-electron chi connectivity index (χ4n) is 4.19. The molecule has 1 aliphatic carbocycles. The minimum Gasteiger partial charge on any atom is -0.459 e. The Balaban J connectivity index is 1.49. The predicted octanol–water partition coefficient (Wildman–Crippen LogP) is 2.33. The molecule has 2 aliphatic heterocycles. The van der Waals surface area contributed by atoms with E-state index in [0.717, 1.165) is 18.4 Å². The van der Waals surface area contributed by atoms with Crippen LogP contribution in [0.4, 0.5) is 0 Å². The molecule has 3 atom stereocenters. The number of hydrogen-bond donors (Lipinski definition) is 2. The van der Waals surface area contributed by atoms with Crippen molar-refractivity contribution in [3.63, 3.8) is 0 Å². The van der Waals surface area contributed by atoms with Crippen LogP contribution in [0.25, 0.3) is 0 Å². The molecule has 1 fully saturated rings. The lowest BCUT2D eigenvalue weighted by atomic mass is 9.81. The van der Waals surface area contributed by atoms with Crippen molar-refractivity contribution in [1.29, 1.82) is 0 Å². The molecule has 9 heteroatoms. The second kappa shape index (κ2) is 12.4. The normalized spacial score (nSPS) is 23.4. The van der Waals surface area contributed by atoms with Gasteiger partial charge in [-0.05, 0) is 55.9 Å². The van der Waals surface area contributed by atoms with Crippen molar-refractivity contribution in [2.75, 3.05) is 53.0 Å². The van der Waals surface area contributed by atoms with E-state index in [9.17, 15) is 4.79 Å². The Bertz CT molecular complexity index is 840. The zero-order valence-corrected chi connectivity index (χ0v) is 19.7. The molecule has 0 bridgehead atoms. The summed E-state index contributed by atoms with van der Waals surface area (Å²) in [5.74, 6) is 1.86. The maximum atomic E-state index is 12.9. The first-order chi connectivity index (χ1) is 16.7. The van der Waals surface area contributed by atoms with E-state index < -0.39 is 6.29 Å². The van der Waals surface area contributed by atoms with Crippen molar-refractivity contribution in [3.8, 4) is 11.5 Å². The number of carbonyl (C=O) groups is 1. The number of hydrogen-bond acceptors (Lipinski definition) is 8.